The molecule has 1 aromatic rings. The predicted octanol–water partition coefficient (Wildman–Crippen LogP) is 0.957. The van der Waals surface area contributed by atoms with Gasteiger partial charge in [-0.2, -0.15) is 0 Å². The van der Waals surface area contributed by atoms with Gasteiger partial charge >= 0.3 is 5.97 Å². The molecule has 0 fully saturated rings. The average Bonchev–Trinajstić information content (AvgIpc) is 2.17. The van der Waals surface area contributed by atoms with Crippen LogP contribution in [0.5, 0.6) is 0 Å². The first-order valence-electron chi connectivity index (χ1n) is 4.02. The molecule has 0 bridgehead atoms. The van der Waals surface area contributed by atoms with E-state index in [0.29, 0.717) is 17.2 Å². The lowest BCUT2D eigenvalue weighted by atomic mass is 10.3. The molecule has 14 heavy (non-hydrogen) atoms. The Labute approximate surface area is 86.1 Å². The van der Waals surface area contributed by atoms with Crippen molar-refractivity contribution >= 4 is 23.7 Å². The molecule has 0 amide bonds. The molecule has 0 saturated heterocycles. The molecule has 0 radical (unpaired) electrons. The SMILES string of the molecule is CCOC(=O)c1cnc(N)nc1SC. The Bertz CT molecular complexity index is 343. The predicted molar refractivity (Wildman–Crippen MR) is 54.2 cm³/mol. The summed E-state index contributed by atoms with van der Waals surface area (Å²) in [5, 5.41) is 0.538. The third-order valence-electron chi connectivity index (χ3n) is 1.46. The van der Waals surface area contributed by atoms with Crippen LogP contribution in [-0.2, 0) is 4.74 Å². The first kappa shape index (κ1) is 10.8. The van der Waals surface area contributed by atoms with Gasteiger partial charge in [0.25, 0.3) is 0 Å². The Morgan fingerprint density at radius 1 is 1.71 bits per heavy atom. The number of ether oxygens (including phenoxy) is 1. The van der Waals surface area contributed by atoms with Crippen molar-refractivity contribution in [1.82, 2.24) is 9.97 Å². The highest BCUT2D eigenvalue weighted by Gasteiger charge is 2.14. The Morgan fingerprint density at radius 3 is 3.00 bits per heavy atom. The first-order valence-corrected chi connectivity index (χ1v) is 5.25. The lowest BCUT2D eigenvalue weighted by Crippen LogP contribution is -2.09. The van der Waals surface area contributed by atoms with Crippen molar-refractivity contribution in [3.05, 3.63) is 11.8 Å². The van der Waals surface area contributed by atoms with Gasteiger partial charge in [-0.3, -0.25) is 0 Å². The van der Waals surface area contributed by atoms with Crippen LogP contribution in [0.3, 0.4) is 0 Å². The molecule has 0 atom stereocenters. The average molecular weight is 213 g/mol. The molecule has 5 nitrogen and oxygen atoms in total. The van der Waals surface area contributed by atoms with Crippen LogP contribution in [0.1, 0.15) is 17.3 Å². The van der Waals surface area contributed by atoms with Crippen LogP contribution in [0.25, 0.3) is 0 Å². The molecule has 0 aliphatic heterocycles. The summed E-state index contributed by atoms with van der Waals surface area (Å²) in [6.45, 7) is 2.08. The third kappa shape index (κ3) is 2.35. The van der Waals surface area contributed by atoms with E-state index in [2.05, 4.69) is 9.97 Å². The van der Waals surface area contributed by atoms with Crippen molar-refractivity contribution < 1.29 is 9.53 Å². The molecular formula is C8H11N3O2S. The highest BCUT2D eigenvalue weighted by atomic mass is 32.2. The summed E-state index contributed by atoms with van der Waals surface area (Å²) >= 11 is 1.33. The van der Waals surface area contributed by atoms with Gasteiger partial charge in [0, 0.05) is 6.20 Å². The van der Waals surface area contributed by atoms with Gasteiger partial charge in [0.15, 0.2) is 0 Å². The number of nitrogens with two attached hydrogens (primary N) is 1. The van der Waals surface area contributed by atoms with Gasteiger partial charge in [-0.1, -0.05) is 0 Å². The van der Waals surface area contributed by atoms with Gasteiger partial charge in [0.1, 0.15) is 10.6 Å². The Morgan fingerprint density at radius 2 is 2.43 bits per heavy atom. The monoisotopic (exact) mass is 213 g/mol. The normalized spacial score (nSPS) is 9.86. The highest BCUT2D eigenvalue weighted by molar-refractivity contribution is 7.98. The van der Waals surface area contributed by atoms with E-state index >= 15 is 0 Å². The van der Waals surface area contributed by atoms with Crippen LogP contribution >= 0.6 is 11.8 Å². The summed E-state index contributed by atoms with van der Waals surface area (Å²) in [7, 11) is 0. The van der Waals surface area contributed by atoms with Gasteiger partial charge in [-0.05, 0) is 13.2 Å². The van der Waals surface area contributed by atoms with Gasteiger partial charge in [-0.15, -0.1) is 11.8 Å². The Hall–Kier alpha value is -1.30. The zero-order valence-corrected chi connectivity index (χ0v) is 8.80. The van der Waals surface area contributed by atoms with E-state index in [4.69, 9.17) is 10.5 Å². The second kappa shape index (κ2) is 4.80. The second-order valence-electron chi connectivity index (χ2n) is 2.37. The lowest BCUT2D eigenvalue weighted by molar-refractivity contribution is 0.0521. The van der Waals surface area contributed by atoms with Crippen molar-refractivity contribution in [3.8, 4) is 0 Å². The van der Waals surface area contributed by atoms with E-state index in [1.54, 1.807) is 6.92 Å². The van der Waals surface area contributed by atoms with E-state index in [0.717, 1.165) is 0 Å². The highest BCUT2D eigenvalue weighted by Crippen LogP contribution is 2.18. The fourth-order valence-corrected chi connectivity index (χ4v) is 1.42. The standard InChI is InChI=1S/C8H11N3O2S/c1-3-13-7(12)5-4-10-8(9)11-6(5)14-2/h4H,3H2,1-2H3,(H2,9,10,11). The second-order valence-corrected chi connectivity index (χ2v) is 3.17. The molecule has 0 spiro atoms. The Kier molecular flexibility index (Phi) is 3.70. The number of nitrogens with zero attached hydrogens (tertiary/aromatic N) is 2. The van der Waals surface area contributed by atoms with E-state index in [1.165, 1.54) is 18.0 Å². The molecule has 0 aliphatic carbocycles. The summed E-state index contributed by atoms with van der Waals surface area (Å²) in [6, 6.07) is 0. The van der Waals surface area contributed by atoms with Gasteiger partial charge in [0.2, 0.25) is 5.95 Å². The minimum atomic E-state index is -0.420. The molecule has 0 aliphatic rings. The van der Waals surface area contributed by atoms with Crippen LogP contribution in [0, 0.1) is 0 Å². The molecule has 1 rings (SSSR count). The molecule has 0 unspecified atom stereocenters. The van der Waals surface area contributed by atoms with E-state index in [-0.39, 0.29) is 5.95 Å². The largest absolute Gasteiger partial charge is 0.462 e. The van der Waals surface area contributed by atoms with Gasteiger partial charge < -0.3 is 10.5 Å². The molecule has 1 heterocycles. The number of carbonyl (C=O) groups excluding carboxylic acids is 1. The number of rotatable bonds is 3. The Balaban J connectivity index is 3.01. The third-order valence-corrected chi connectivity index (χ3v) is 2.16. The molecule has 0 aromatic carbocycles. The van der Waals surface area contributed by atoms with E-state index in [1.807, 2.05) is 6.26 Å². The van der Waals surface area contributed by atoms with Gasteiger partial charge in [0.05, 0.1) is 6.61 Å². The summed E-state index contributed by atoms with van der Waals surface area (Å²) in [5.74, 6) is -0.265. The zero-order valence-electron chi connectivity index (χ0n) is 7.98. The molecular weight excluding hydrogens is 202 g/mol. The number of aromatic nitrogens is 2. The van der Waals surface area contributed by atoms with E-state index < -0.39 is 5.97 Å². The van der Waals surface area contributed by atoms with Crippen LogP contribution < -0.4 is 5.73 Å². The first-order chi connectivity index (χ1) is 6.69. The molecule has 0 saturated carbocycles. The fourth-order valence-electron chi connectivity index (χ4n) is 0.883. The number of anilines is 1. The van der Waals surface area contributed by atoms with Crippen LogP contribution in [-0.4, -0.2) is 28.8 Å². The zero-order chi connectivity index (χ0) is 10.6. The molecule has 6 heteroatoms. The topological polar surface area (TPSA) is 78.1 Å². The number of esters is 1. The minimum Gasteiger partial charge on any atom is -0.462 e. The minimum absolute atomic E-state index is 0.155. The summed E-state index contributed by atoms with van der Waals surface area (Å²) in [4.78, 5) is 19.0. The number of hydrogen-bond donors (Lipinski definition) is 1. The summed E-state index contributed by atoms with van der Waals surface area (Å²) in [5.41, 5.74) is 5.74. The van der Waals surface area contributed by atoms with Crippen molar-refractivity contribution in [2.24, 2.45) is 0 Å². The molecule has 2 N–H and O–H groups in total. The number of hydrogen-bond acceptors (Lipinski definition) is 6. The summed E-state index contributed by atoms with van der Waals surface area (Å²) < 4.78 is 4.84. The van der Waals surface area contributed by atoms with Gasteiger partial charge in [-0.25, -0.2) is 14.8 Å². The number of nitrogen functional groups attached to an aromatic ring is 1. The van der Waals surface area contributed by atoms with Crippen LogP contribution in [0.4, 0.5) is 5.95 Å². The fraction of sp³-hybridized carbons (Fsp3) is 0.375. The van der Waals surface area contributed by atoms with E-state index in [9.17, 15) is 4.79 Å². The quantitative estimate of drug-likeness (QED) is 0.457. The lowest BCUT2D eigenvalue weighted by Gasteiger charge is -2.05. The number of carbonyl (C=O) groups is 1. The van der Waals surface area contributed by atoms with Crippen molar-refractivity contribution in [2.45, 2.75) is 11.9 Å². The number of thioether (sulfide) groups is 1. The van der Waals surface area contributed by atoms with Crippen molar-refractivity contribution in [1.29, 1.82) is 0 Å². The van der Waals surface area contributed by atoms with Crippen molar-refractivity contribution in [3.63, 3.8) is 0 Å². The maximum absolute atomic E-state index is 11.4. The van der Waals surface area contributed by atoms with Crippen molar-refractivity contribution in [2.75, 3.05) is 18.6 Å². The smallest absolute Gasteiger partial charge is 0.342 e. The summed E-state index contributed by atoms with van der Waals surface area (Å²) in [6.07, 6.45) is 3.19. The van der Waals surface area contributed by atoms with Crippen LogP contribution in [0.2, 0.25) is 0 Å². The molecule has 1 aromatic heterocycles. The maximum Gasteiger partial charge on any atom is 0.342 e. The van der Waals surface area contributed by atoms with Crippen LogP contribution in [0.15, 0.2) is 11.2 Å². The maximum atomic E-state index is 11.4. The molecule has 76 valence electrons.